The molecule has 0 fully saturated rings. The molecule has 1 aliphatic heterocycles. The number of aromatic nitrogens is 2. The number of amides is 1. The van der Waals surface area contributed by atoms with Crippen LogP contribution in [0.3, 0.4) is 0 Å². The zero-order valence-corrected chi connectivity index (χ0v) is 18.2. The Balaban J connectivity index is 1.76. The van der Waals surface area contributed by atoms with Crippen molar-refractivity contribution in [3.05, 3.63) is 75.1 Å². The Hall–Kier alpha value is -3.72. The molecule has 0 spiro atoms. The molecule has 162 valence electrons. The Morgan fingerprint density at radius 1 is 1.06 bits per heavy atom. The maximum Gasteiger partial charge on any atom is 0.297 e. The maximum atomic E-state index is 13.5. The third kappa shape index (κ3) is 3.13. The van der Waals surface area contributed by atoms with Crippen molar-refractivity contribution in [3.63, 3.8) is 0 Å². The Kier molecular flexibility index (Phi) is 5.10. The highest BCUT2D eigenvalue weighted by Crippen LogP contribution is 2.43. The summed E-state index contributed by atoms with van der Waals surface area (Å²) in [6.45, 7) is 4.70. The number of nitrogens with zero attached hydrogens (tertiary/aromatic N) is 3. The second-order valence-electron chi connectivity index (χ2n) is 7.04. The van der Waals surface area contributed by atoms with Crippen molar-refractivity contribution in [1.29, 1.82) is 0 Å². The second kappa shape index (κ2) is 8.08. The van der Waals surface area contributed by atoms with Gasteiger partial charge in [0.15, 0.2) is 16.9 Å². The lowest BCUT2D eigenvalue weighted by molar-refractivity contribution is 0.0970. The molecule has 3 heterocycles. The van der Waals surface area contributed by atoms with Gasteiger partial charge in [-0.15, -0.1) is 10.2 Å². The number of carbonyl (C=O) groups excluding carboxylic acids is 1. The van der Waals surface area contributed by atoms with Gasteiger partial charge in [0.1, 0.15) is 11.1 Å². The van der Waals surface area contributed by atoms with Gasteiger partial charge in [-0.3, -0.25) is 14.5 Å². The van der Waals surface area contributed by atoms with Crippen molar-refractivity contribution in [3.8, 4) is 11.5 Å². The van der Waals surface area contributed by atoms with Crippen LogP contribution >= 0.6 is 11.3 Å². The van der Waals surface area contributed by atoms with E-state index in [1.807, 2.05) is 19.9 Å². The van der Waals surface area contributed by atoms with Gasteiger partial charge in [-0.25, -0.2) is 0 Å². The van der Waals surface area contributed by atoms with Crippen LogP contribution in [0, 0.1) is 0 Å². The van der Waals surface area contributed by atoms with E-state index in [0.717, 1.165) is 0 Å². The van der Waals surface area contributed by atoms with Crippen LogP contribution < -0.4 is 19.8 Å². The van der Waals surface area contributed by atoms with E-state index in [2.05, 4.69) is 10.2 Å². The molecule has 0 N–H and O–H groups in total. The summed E-state index contributed by atoms with van der Waals surface area (Å²) in [6, 6.07) is 11.6. The van der Waals surface area contributed by atoms with Crippen molar-refractivity contribution < 1.29 is 18.7 Å². The highest BCUT2D eigenvalue weighted by Gasteiger charge is 2.45. The lowest BCUT2D eigenvalue weighted by atomic mass is 9.98. The summed E-state index contributed by atoms with van der Waals surface area (Å²) in [5.74, 6) is 0.711. The molecule has 4 aromatic rings. The molecular weight excluding hydrogens is 430 g/mol. The van der Waals surface area contributed by atoms with Crippen LogP contribution in [-0.2, 0) is 0 Å². The van der Waals surface area contributed by atoms with Gasteiger partial charge in [-0.1, -0.05) is 29.5 Å². The predicted molar refractivity (Wildman–Crippen MR) is 120 cm³/mol. The molecule has 1 amide bonds. The number of benzene rings is 2. The van der Waals surface area contributed by atoms with Gasteiger partial charge >= 0.3 is 0 Å². The normalized spacial score (nSPS) is 15.2. The highest BCUT2D eigenvalue weighted by atomic mass is 32.1. The van der Waals surface area contributed by atoms with E-state index in [0.29, 0.717) is 46.4 Å². The number of rotatable bonds is 6. The summed E-state index contributed by atoms with van der Waals surface area (Å²) in [5, 5.41) is 8.76. The molecule has 9 heteroatoms. The molecule has 0 saturated carbocycles. The topological polar surface area (TPSA) is 94.8 Å². The van der Waals surface area contributed by atoms with Crippen molar-refractivity contribution in [2.75, 3.05) is 18.1 Å². The van der Waals surface area contributed by atoms with Crippen molar-refractivity contribution >= 4 is 33.3 Å². The van der Waals surface area contributed by atoms with Crippen LogP contribution in [0.1, 0.15) is 41.6 Å². The molecule has 32 heavy (non-hydrogen) atoms. The number of hydrogen-bond acceptors (Lipinski definition) is 8. The first-order valence-electron chi connectivity index (χ1n) is 10.2. The van der Waals surface area contributed by atoms with Gasteiger partial charge in [0, 0.05) is 0 Å². The number of fused-ring (bicyclic) bond motifs is 2. The smallest absolute Gasteiger partial charge is 0.297 e. The third-order valence-corrected chi connectivity index (χ3v) is 5.90. The Bertz CT molecular complexity index is 1370. The molecule has 0 unspecified atom stereocenters. The number of ether oxygens (including phenoxy) is 2. The molecule has 1 atom stereocenters. The van der Waals surface area contributed by atoms with Gasteiger partial charge < -0.3 is 13.9 Å². The zero-order valence-electron chi connectivity index (χ0n) is 17.4. The quantitative estimate of drug-likeness (QED) is 0.436. The van der Waals surface area contributed by atoms with Gasteiger partial charge in [0.2, 0.25) is 10.9 Å². The Morgan fingerprint density at radius 2 is 1.84 bits per heavy atom. The summed E-state index contributed by atoms with van der Waals surface area (Å²) < 4.78 is 17.4. The average molecular weight is 449 g/mol. The predicted octanol–water partition coefficient (Wildman–Crippen LogP) is 4.19. The number of para-hydroxylation sites is 1. The van der Waals surface area contributed by atoms with E-state index < -0.39 is 11.9 Å². The SMILES string of the molecule is CCOc1ccc([C@@H]2c3c(oc4ccccc4c3=O)C(=O)N2c2nncs2)cc1OCC. The van der Waals surface area contributed by atoms with Crippen LogP contribution in [0.15, 0.2) is 57.2 Å². The summed E-state index contributed by atoms with van der Waals surface area (Å²) in [4.78, 5) is 28.4. The molecule has 8 nitrogen and oxygen atoms in total. The first-order chi connectivity index (χ1) is 15.6. The lowest BCUT2D eigenvalue weighted by Crippen LogP contribution is -2.29. The van der Waals surface area contributed by atoms with Gasteiger partial charge in [-0.05, 0) is 43.7 Å². The molecule has 0 radical (unpaired) electrons. The first-order valence-corrected chi connectivity index (χ1v) is 11.1. The van der Waals surface area contributed by atoms with Gasteiger partial charge in [0.25, 0.3) is 5.91 Å². The van der Waals surface area contributed by atoms with E-state index in [9.17, 15) is 9.59 Å². The second-order valence-corrected chi connectivity index (χ2v) is 7.85. The minimum absolute atomic E-state index is 0.0146. The summed E-state index contributed by atoms with van der Waals surface area (Å²) in [5.41, 5.74) is 2.61. The first kappa shape index (κ1) is 20.2. The third-order valence-electron chi connectivity index (χ3n) is 5.22. The van der Waals surface area contributed by atoms with E-state index in [4.69, 9.17) is 13.9 Å². The number of carbonyl (C=O) groups is 1. The summed E-state index contributed by atoms with van der Waals surface area (Å²) in [6.07, 6.45) is 0. The van der Waals surface area contributed by atoms with Crippen molar-refractivity contribution in [1.82, 2.24) is 10.2 Å². The molecule has 2 aromatic carbocycles. The lowest BCUT2D eigenvalue weighted by Gasteiger charge is -2.23. The van der Waals surface area contributed by atoms with Gasteiger partial charge in [0.05, 0.1) is 30.2 Å². The highest BCUT2D eigenvalue weighted by molar-refractivity contribution is 7.13. The minimum Gasteiger partial charge on any atom is -0.490 e. The summed E-state index contributed by atoms with van der Waals surface area (Å²) >= 11 is 1.21. The van der Waals surface area contributed by atoms with Crippen molar-refractivity contribution in [2.45, 2.75) is 19.9 Å². The Labute approximate surface area is 187 Å². The van der Waals surface area contributed by atoms with E-state index in [1.165, 1.54) is 21.7 Å². The van der Waals surface area contributed by atoms with Crippen molar-refractivity contribution in [2.24, 2.45) is 0 Å². The fourth-order valence-corrected chi connectivity index (χ4v) is 4.53. The van der Waals surface area contributed by atoms with Crippen LogP contribution in [0.2, 0.25) is 0 Å². The standard InChI is InChI=1S/C23H19N3O5S/c1-3-29-16-10-9-13(11-17(16)30-4-2)19-18-20(27)14-7-5-6-8-15(14)31-21(18)22(28)26(19)23-25-24-12-32-23/h5-12,19H,3-4H2,1-2H3/t19-/m1/s1. The molecule has 0 aliphatic carbocycles. The van der Waals surface area contributed by atoms with Crippen LogP contribution in [0.25, 0.3) is 11.0 Å². The van der Waals surface area contributed by atoms with Crippen LogP contribution in [0.5, 0.6) is 11.5 Å². The molecule has 1 aliphatic rings. The van der Waals surface area contributed by atoms with E-state index in [1.54, 1.807) is 36.4 Å². The summed E-state index contributed by atoms with van der Waals surface area (Å²) in [7, 11) is 0. The van der Waals surface area contributed by atoms with E-state index in [-0.39, 0.29) is 16.8 Å². The Morgan fingerprint density at radius 3 is 2.59 bits per heavy atom. The fourth-order valence-electron chi connectivity index (χ4n) is 3.94. The molecular formula is C23H19N3O5S. The fraction of sp³-hybridized carbons (Fsp3) is 0.217. The average Bonchev–Trinajstić information content (AvgIpc) is 3.42. The molecule has 0 bridgehead atoms. The maximum absolute atomic E-state index is 13.5. The van der Waals surface area contributed by atoms with E-state index >= 15 is 0 Å². The monoisotopic (exact) mass is 449 g/mol. The van der Waals surface area contributed by atoms with Gasteiger partial charge in [-0.2, -0.15) is 0 Å². The minimum atomic E-state index is -0.735. The largest absolute Gasteiger partial charge is 0.490 e. The molecule has 5 rings (SSSR count). The molecule has 0 saturated heterocycles. The van der Waals surface area contributed by atoms with Crippen LogP contribution in [0.4, 0.5) is 5.13 Å². The zero-order chi connectivity index (χ0) is 22.2. The number of hydrogen-bond donors (Lipinski definition) is 0. The molecule has 2 aromatic heterocycles. The van der Waals surface area contributed by atoms with Crippen LogP contribution in [-0.4, -0.2) is 29.3 Å². The number of anilines is 1.